The number of hydrogen-bond acceptors (Lipinski definition) is 6. The number of halogens is 1. The summed E-state index contributed by atoms with van der Waals surface area (Å²) in [6.45, 7) is 4.86. The van der Waals surface area contributed by atoms with Gasteiger partial charge in [0.15, 0.2) is 5.82 Å². The Balaban J connectivity index is 1.38. The molecule has 0 fully saturated rings. The zero-order chi connectivity index (χ0) is 22.6. The van der Waals surface area contributed by atoms with Crippen LogP contribution in [-0.4, -0.2) is 33.4 Å². The van der Waals surface area contributed by atoms with Crippen molar-refractivity contribution in [3.63, 3.8) is 0 Å². The second-order valence-electron chi connectivity index (χ2n) is 8.81. The van der Waals surface area contributed by atoms with Gasteiger partial charge in [0.05, 0.1) is 11.3 Å². The fourth-order valence-electron chi connectivity index (χ4n) is 4.03. The zero-order valence-corrected chi connectivity index (χ0v) is 18.7. The summed E-state index contributed by atoms with van der Waals surface area (Å²) in [6.07, 6.45) is 6.67. The second-order valence-corrected chi connectivity index (χ2v) is 8.81. The smallest absolute Gasteiger partial charge is 0.152 e. The van der Waals surface area contributed by atoms with Crippen LogP contribution in [0.4, 0.5) is 16.0 Å². The molecule has 6 nitrogen and oxygen atoms in total. The van der Waals surface area contributed by atoms with Gasteiger partial charge in [0.1, 0.15) is 11.6 Å². The fourth-order valence-corrected chi connectivity index (χ4v) is 4.03. The van der Waals surface area contributed by atoms with Crippen LogP contribution in [0, 0.1) is 5.82 Å². The molecule has 3 N–H and O–H groups in total. The van der Waals surface area contributed by atoms with Crippen LogP contribution in [0.2, 0.25) is 0 Å². The number of nitrogens with one attached hydrogen (secondary N) is 2. The van der Waals surface area contributed by atoms with Crippen molar-refractivity contribution in [1.82, 2.24) is 15.2 Å². The predicted molar refractivity (Wildman–Crippen MR) is 124 cm³/mol. The van der Waals surface area contributed by atoms with Crippen molar-refractivity contribution in [1.29, 1.82) is 0 Å². The average molecular weight is 436 g/mol. The van der Waals surface area contributed by atoms with Crippen molar-refractivity contribution >= 4 is 11.6 Å². The van der Waals surface area contributed by atoms with E-state index in [0.717, 1.165) is 54.1 Å². The molecule has 0 bridgehead atoms. The summed E-state index contributed by atoms with van der Waals surface area (Å²) in [6, 6.07) is 10.4. The van der Waals surface area contributed by atoms with Crippen molar-refractivity contribution in [2.75, 3.05) is 23.7 Å². The predicted octanol–water partition coefficient (Wildman–Crippen LogP) is 4.23. The normalized spacial score (nSPS) is 13.5. The van der Waals surface area contributed by atoms with E-state index in [1.807, 2.05) is 24.3 Å². The van der Waals surface area contributed by atoms with E-state index in [2.05, 4.69) is 25.8 Å². The van der Waals surface area contributed by atoms with E-state index >= 15 is 0 Å². The summed E-state index contributed by atoms with van der Waals surface area (Å²) in [5.41, 5.74) is 4.47. The van der Waals surface area contributed by atoms with E-state index in [9.17, 15) is 9.50 Å². The maximum atomic E-state index is 13.2. The molecule has 0 saturated carbocycles. The number of anilines is 2. The third kappa shape index (κ3) is 5.40. The highest BCUT2D eigenvalue weighted by atomic mass is 19.1. The van der Waals surface area contributed by atoms with E-state index in [1.165, 1.54) is 23.3 Å². The van der Waals surface area contributed by atoms with Crippen LogP contribution in [0.1, 0.15) is 54.6 Å². The first-order valence-electron chi connectivity index (χ1n) is 11.2. The highest BCUT2D eigenvalue weighted by Crippen LogP contribution is 2.29. The SMILES string of the molecule is CC(C)(O)c1ccc(NCCNc2nnc(Cc3ccc(F)cc3)c3c2CCCC3)nc1. The van der Waals surface area contributed by atoms with E-state index in [-0.39, 0.29) is 5.82 Å². The third-order valence-electron chi connectivity index (χ3n) is 5.85. The minimum absolute atomic E-state index is 0.224. The van der Waals surface area contributed by atoms with Crippen LogP contribution >= 0.6 is 0 Å². The summed E-state index contributed by atoms with van der Waals surface area (Å²) in [5, 5.41) is 25.7. The summed E-state index contributed by atoms with van der Waals surface area (Å²) in [4.78, 5) is 4.37. The highest BCUT2D eigenvalue weighted by Gasteiger charge is 2.20. The summed E-state index contributed by atoms with van der Waals surface area (Å²) >= 11 is 0. The molecule has 0 atom stereocenters. The van der Waals surface area contributed by atoms with Gasteiger partial charge < -0.3 is 15.7 Å². The highest BCUT2D eigenvalue weighted by molar-refractivity contribution is 5.51. The second kappa shape index (κ2) is 9.61. The summed E-state index contributed by atoms with van der Waals surface area (Å²) < 4.78 is 13.2. The third-order valence-corrected chi connectivity index (χ3v) is 5.85. The largest absolute Gasteiger partial charge is 0.386 e. The molecule has 3 aromatic rings. The van der Waals surface area contributed by atoms with E-state index in [1.54, 1.807) is 20.0 Å². The van der Waals surface area contributed by atoms with Crippen LogP contribution in [0.25, 0.3) is 0 Å². The van der Waals surface area contributed by atoms with Crippen LogP contribution < -0.4 is 10.6 Å². The minimum atomic E-state index is -0.895. The van der Waals surface area contributed by atoms with Crippen molar-refractivity contribution < 1.29 is 9.50 Å². The first kappa shape index (κ1) is 22.1. The Morgan fingerprint density at radius 2 is 1.66 bits per heavy atom. The number of hydrogen-bond donors (Lipinski definition) is 3. The quantitative estimate of drug-likeness (QED) is 0.459. The van der Waals surface area contributed by atoms with Gasteiger partial charge in [-0.25, -0.2) is 9.37 Å². The molecule has 0 unspecified atom stereocenters. The maximum absolute atomic E-state index is 13.2. The monoisotopic (exact) mass is 435 g/mol. The Morgan fingerprint density at radius 3 is 2.34 bits per heavy atom. The summed E-state index contributed by atoms with van der Waals surface area (Å²) in [5.74, 6) is 1.40. The van der Waals surface area contributed by atoms with Crippen molar-refractivity contribution in [2.24, 2.45) is 0 Å². The van der Waals surface area contributed by atoms with E-state index in [0.29, 0.717) is 19.5 Å². The van der Waals surface area contributed by atoms with Crippen LogP contribution in [0.15, 0.2) is 42.6 Å². The molecular weight excluding hydrogens is 405 g/mol. The molecule has 1 aliphatic rings. The lowest BCUT2D eigenvalue weighted by Crippen LogP contribution is -2.20. The van der Waals surface area contributed by atoms with Gasteiger partial charge in [-0.1, -0.05) is 18.2 Å². The lowest BCUT2D eigenvalue weighted by molar-refractivity contribution is 0.0782. The Bertz CT molecular complexity index is 1050. The number of aromatic nitrogens is 3. The fraction of sp³-hybridized carbons (Fsp3) is 0.400. The van der Waals surface area contributed by atoms with Gasteiger partial charge in [-0.15, -0.1) is 5.10 Å². The van der Waals surface area contributed by atoms with Crippen molar-refractivity contribution in [3.8, 4) is 0 Å². The molecule has 1 aliphatic carbocycles. The molecule has 1 aromatic carbocycles. The Hall–Kier alpha value is -3.06. The van der Waals surface area contributed by atoms with Gasteiger partial charge in [-0.2, -0.15) is 5.10 Å². The molecule has 2 heterocycles. The number of fused-ring (bicyclic) bond motifs is 1. The molecule has 0 aliphatic heterocycles. The molecular formula is C25H30FN5O. The van der Waals surface area contributed by atoms with Gasteiger partial charge >= 0.3 is 0 Å². The molecule has 0 amide bonds. The molecule has 2 aromatic heterocycles. The van der Waals surface area contributed by atoms with Crippen LogP contribution in [-0.2, 0) is 24.9 Å². The lowest BCUT2D eigenvalue weighted by Gasteiger charge is -2.21. The van der Waals surface area contributed by atoms with Crippen molar-refractivity contribution in [3.05, 3.63) is 76.4 Å². The molecule has 7 heteroatoms. The Labute approximate surface area is 188 Å². The van der Waals surface area contributed by atoms with Gasteiger partial charge in [-0.05, 0) is 68.9 Å². The number of rotatable bonds is 8. The first-order valence-corrected chi connectivity index (χ1v) is 11.2. The van der Waals surface area contributed by atoms with Gasteiger partial charge in [0.2, 0.25) is 0 Å². The minimum Gasteiger partial charge on any atom is -0.386 e. The first-order chi connectivity index (χ1) is 15.4. The summed E-state index contributed by atoms with van der Waals surface area (Å²) in [7, 11) is 0. The molecule has 0 saturated heterocycles. The van der Waals surface area contributed by atoms with E-state index < -0.39 is 5.60 Å². The number of pyridine rings is 1. The van der Waals surface area contributed by atoms with Gasteiger partial charge in [0, 0.05) is 36.8 Å². The van der Waals surface area contributed by atoms with Gasteiger partial charge in [-0.3, -0.25) is 0 Å². The number of aliphatic hydroxyl groups is 1. The Kier molecular flexibility index (Phi) is 6.65. The molecule has 0 radical (unpaired) electrons. The van der Waals surface area contributed by atoms with Crippen molar-refractivity contribution in [2.45, 2.75) is 51.6 Å². The lowest BCUT2D eigenvalue weighted by atomic mass is 9.89. The van der Waals surface area contributed by atoms with E-state index in [4.69, 9.17) is 0 Å². The number of benzene rings is 1. The number of nitrogens with zero attached hydrogens (tertiary/aromatic N) is 3. The topological polar surface area (TPSA) is 83.0 Å². The van der Waals surface area contributed by atoms with Gasteiger partial charge in [0.25, 0.3) is 0 Å². The average Bonchev–Trinajstić information content (AvgIpc) is 2.79. The molecule has 0 spiro atoms. The molecule has 4 rings (SSSR count). The Morgan fingerprint density at radius 1 is 0.938 bits per heavy atom. The molecule has 168 valence electrons. The maximum Gasteiger partial charge on any atom is 0.152 e. The van der Waals surface area contributed by atoms with Crippen LogP contribution in [0.3, 0.4) is 0 Å². The van der Waals surface area contributed by atoms with Crippen LogP contribution in [0.5, 0.6) is 0 Å². The zero-order valence-electron chi connectivity index (χ0n) is 18.7. The standard InChI is InChI=1S/C25H30FN5O/c1-25(2,32)18-9-12-23(29-16-18)27-13-14-28-24-21-6-4-3-5-20(21)22(30-31-24)15-17-7-10-19(26)11-8-17/h7-12,16,32H,3-6,13-15H2,1-2H3,(H,27,29)(H,28,31). The molecule has 32 heavy (non-hydrogen) atoms.